The Hall–Kier alpha value is -2.82. The molecular weight excluding hydrogens is 278 g/mol. The Bertz CT molecular complexity index is 852. The van der Waals surface area contributed by atoms with Crippen LogP contribution in [0.5, 0.6) is 5.75 Å². The van der Waals surface area contributed by atoms with Gasteiger partial charge in [-0.25, -0.2) is 4.98 Å². The normalized spacial score (nSPS) is 10.7. The highest BCUT2D eigenvalue weighted by Gasteiger charge is 2.12. The average Bonchev–Trinajstić information content (AvgIpc) is 2.98. The Labute approximate surface area is 128 Å². The molecule has 3 aromatic rings. The monoisotopic (exact) mass is 295 g/mol. The van der Waals surface area contributed by atoms with Gasteiger partial charge >= 0.3 is 0 Å². The predicted molar refractivity (Wildman–Crippen MR) is 86.5 cm³/mol. The van der Waals surface area contributed by atoms with Gasteiger partial charge in [-0.2, -0.15) is 0 Å². The Morgan fingerprint density at radius 2 is 1.95 bits per heavy atom. The number of H-pyrrole nitrogens is 1. The van der Waals surface area contributed by atoms with Crippen LogP contribution in [0, 0.1) is 13.8 Å². The zero-order valence-electron chi connectivity index (χ0n) is 12.7. The van der Waals surface area contributed by atoms with Gasteiger partial charge in [-0.05, 0) is 55.3 Å². The van der Waals surface area contributed by atoms with Crippen molar-refractivity contribution in [2.45, 2.75) is 13.8 Å². The summed E-state index contributed by atoms with van der Waals surface area (Å²) in [5.74, 6) is 0.470. The number of amides is 1. The molecule has 0 spiro atoms. The molecule has 0 saturated heterocycles. The van der Waals surface area contributed by atoms with Crippen molar-refractivity contribution in [3.8, 4) is 5.75 Å². The van der Waals surface area contributed by atoms with Crippen molar-refractivity contribution in [3.63, 3.8) is 0 Å². The van der Waals surface area contributed by atoms with Crippen molar-refractivity contribution >= 4 is 22.6 Å². The first kappa shape index (κ1) is 14.1. The van der Waals surface area contributed by atoms with Crippen LogP contribution in [0.4, 0.5) is 5.69 Å². The summed E-state index contributed by atoms with van der Waals surface area (Å²) in [5.41, 5.74) is 5.12. The summed E-state index contributed by atoms with van der Waals surface area (Å²) in [6.07, 6.45) is 1.61. The molecule has 0 aliphatic heterocycles. The van der Waals surface area contributed by atoms with Crippen LogP contribution in [0.3, 0.4) is 0 Å². The Morgan fingerprint density at radius 1 is 1.18 bits per heavy atom. The van der Waals surface area contributed by atoms with Crippen LogP contribution in [0.2, 0.25) is 0 Å². The molecule has 5 heteroatoms. The van der Waals surface area contributed by atoms with Gasteiger partial charge in [-0.15, -0.1) is 0 Å². The largest absolute Gasteiger partial charge is 0.495 e. The fourth-order valence-corrected chi connectivity index (χ4v) is 2.33. The van der Waals surface area contributed by atoms with E-state index in [1.54, 1.807) is 25.6 Å². The Kier molecular flexibility index (Phi) is 3.55. The van der Waals surface area contributed by atoms with Gasteiger partial charge in [0.2, 0.25) is 0 Å². The van der Waals surface area contributed by atoms with E-state index in [1.165, 1.54) is 0 Å². The first-order valence-corrected chi connectivity index (χ1v) is 6.98. The molecule has 3 rings (SSSR count). The lowest BCUT2D eigenvalue weighted by Crippen LogP contribution is -2.13. The number of aromatic amines is 1. The third-order valence-corrected chi connectivity index (χ3v) is 3.75. The topological polar surface area (TPSA) is 67.0 Å². The maximum Gasteiger partial charge on any atom is 0.255 e. The van der Waals surface area contributed by atoms with E-state index in [4.69, 9.17) is 4.74 Å². The number of nitrogens with zero attached hydrogens (tertiary/aromatic N) is 1. The highest BCUT2D eigenvalue weighted by atomic mass is 16.5. The Balaban J connectivity index is 1.92. The fourth-order valence-electron chi connectivity index (χ4n) is 2.33. The molecular formula is C17H17N3O2. The molecule has 5 nitrogen and oxygen atoms in total. The summed E-state index contributed by atoms with van der Waals surface area (Å²) in [6, 6.07) is 9.19. The molecule has 2 N–H and O–H groups in total. The maximum atomic E-state index is 12.4. The highest BCUT2D eigenvalue weighted by molar-refractivity contribution is 6.06. The van der Waals surface area contributed by atoms with E-state index in [2.05, 4.69) is 15.3 Å². The van der Waals surface area contributed by atoms with Gasteiger partial charge in [-0.1, -0.05) is 0 Å². The van der Waals surface area contributed by atoms with E-state index in [0.29, 0.717) is 17.0 Å². The molecule has 0 bridgehead atoms. The first-order valence-electron chi connectivity index (χ1n) is 6.98. The number of imidazole rings is 1. The number of aromatic nitrogens is 2. The third kappa shape index (κ3) is 2.53. The summed E-state index contributed by atoms with van der Waals surface area (Å²) in [4.78, 5) is 19.6. The van der Waals surface area contributed by atoms with Gasteiger partial charge in [-0.3, -0.25) is 4.79 Å². The zero-order chi connectivity index (χ0) is 15.7. The number of rotatable bonds is 3. The summed E-state index contributed by atoms with van der Waals surface area (Å²) in [7, 11) is 1.59. The maximum absolute atomic E-state index is 12.4. The minimum absolute atomic E-state index is 0.182. The quantitative estimate of drug-likeness (QED) is 0.777. The lowest BCUT2D eigenvalue weighted by molar-refractivity contribution is 0.102. The predicted octanol–water partition coefficient (Wildman–Crippen LogP) is 3.44. The average molecular weight is 295 g/mol. The standard InChI is InChI=1S/C17H17N3O2/c1-10-6-15(16(22-3)7-11(10)2)20-17(21)12-4-5-13-14(8-12)19-9-18-13/h4-9H,1-3H3,(H,18,19)(H,20,21). The van der Waals surface area contributed by atoms with Crippen molar-refractivity contribution in [1.29, 1.82) is 0 Å². The van der Waals surface area contributed by atoms with E-state index < -0.39 is 0 Å². The molecule has 0 atom stereocenters. The highest BCUT2D eigenvalue weighted by Crippen LogP contribution is 2.28. The number of hydrogen-bond acceptors (Lipinski definition) is 3. The van der Waals surface area contributed by atoms with Crippen LogP contribution >= 0.6 is 0 Å². The number of benzene rings is 2. The molecule has 1 amide bonds. The molecule has 1 aromatic heterocycles. The van der Waals surface area contributed by atoms with Crippen LogP contribution in [-0.4, -0.2) is 23.0 Å². The second-order valence-electron chi connectivity index (χ2n) is 5.23. The summed E-state index contributed by atoms with van der Waals surface area (Å²) >= 11 is 0. The smallest absolute Gasteiger partial charge is 0.255 e. The lowest BCUT2D eigenvalue weighted by atomic mass is 10.1. The first-order chi connectivity index (χ1) is 10.6. The van der Waals surface area contributed by atoms with Crippen molar-refractivity contribution in [1.82, 2.24) is 9.97 Å². The summed E-state index contributed by atoms with van der Waals surface area (Å²) in [6.45, 7) is 4.01. The van der Waals surface area contributed by atoms with Gasteiger partial charge in [0.05, 0.1) is 30.2 Å². The number of ether oxygens (including phenoxy) is 1. The number of fused-ring (bicyclic) bond motifs is 1. The van der Waals surface area contributed by atoms with E-state index >= 15 is 0 Å². The molecule has 0 radical (unpaired) electrons. The molecule has 112 valence electrons. The minimum Gasteiger partial charge on any atom is -0.495 e. The molecule has 0 aliphatic carbocycles. The number of carbonyl (C=O) groups is 1. The minimum atomic E-state index is -0.182. The van der Waals surface area contributed by atoms with Gasteiger partial charge < -0.3 is 15.0 Å². The van der Waals surface area contributed by atoms with Gasteiger partial charge in [0.1, 0.15) is 5.75 Å². The van der Waals surface area contributed by atoms with E-state index in [9.17, 15) is 4.79 Å². The van der Waals surface area contributed by atoms with E-state index in [1.807, 2.05) is 32.0 Å². The van der Waals surface area contributed by atoms with Crippen molar-refractivity contribution in [2.75, 3.05) is 12.4 Å². The zero-order valence-corrected chi connectivity index (χ0v) is 12.7. The molecule has 0 saturated carbocycles. The van der Waals surface area contributed by atoms with Crippen LogP contribution in [0.15, 0.2) is 36.7 Å². The van der Waals surface area contributed by atoms with Crippen LogP contribution in [0.1, 0.15) is 21.5 Å². The number of anilines is 1. The molecule has 0 unspecified atom stereocenters. The van der Waals surface area contributed by atoms with Crippen molar-refractivity contribution < 1.29 is 9.53 Å². The second-order valence-corrected chi connectivity index (χ2v) is 5.23. The molecule has 0 aliphatic rings. The number of nitrogens with one attached hydrogen (secondary N) is 2. The molecule has 22 heavy (non-hydrogen) atoms. The summed E-state index contributed by atoms with van der Waals surface area (Å²) in [5, 5.41) is 2.90. The number of methoxy groups -OCH3 is 1. The fraction of sp³-hybridized carbons (Fsp3) is 0.176. The van der Waals surface area contributed by atoms with Gasteiger partial charge in [0, 0.05) is 5.56 Å². The van der Waals surface area contributed by atoms with Crippen molar-refractivity contribution in [3.05, 3.63) is 53.3 Å². The second kappa shape index (κ2) is 5.52. The van der Waals surface area contributed by atoms with Gasteiger partial charge in [0.25, 0.3) is 5.91 Å². The molecule has 1 heterocycles. The van der Waals surface area contributed by atoms with E-state index in [0.717, 1.165) is 22.2 Å². The van der Waals surface area contributed by atoms with E-state index in [-0.39, 0.29) is 5.91 Å². The lowest BCUT2D eigenvalue weighted by Gasteiger charge is -2.13. The third-order valence-electron chi connectivity index (χ3n) is 3.75. The number of hydrogen-bond donors (Lipinski definition) is 2. The molecule has 0 fully saturated rings. The summed E-state index contributed by atoms with van der Waals surface area (Å²) < 4.78 is 5.34. The Morgan fingerprint density at radius 3 is 2.73 bits per heavy atom. The number of carbonyl (C=O) groups excluding carboxylic acids is 1. The SMILES string of the molecule is COc1cc(C)c(C)cc1NC(=O)c1ccc2nc[nH]c2c1. The van der Waals surface area contributed by atoms with Crippen molar-refractivity contribution in [2.24, 2.45) is 0 Å². The van der Waals surface area contributed by atoms with Crippen LogP contribution in [-0.2, 0) is 0 Å². The van der Waals surface area contributed by atoms with Crippen LogP contribution in [0.25, 0.3) is 11.0 Å². The number of aryl methyl sites for hydroxylation is 2. The molecule has 2 aromatic carbocycles. The van der Waals surface area contributed by atoms with Gasteiger partial charge in [0.15, 0.2) is 0 Å². The van der Waals surface area contributed by atoms with Crippen LogP contribution < -0.4 is 10.1 Å².